The van der Waals surface area contributed by atoms with Gasteiger partial charge in [0.1, 0.15) is 0 Å². The first-order chi connectivity index (χ1) is 9.91. The van der Waals surface area contributed by atoms with Gasteiger partial charge >= 0.3 is 0 Å². The molecule has 0 amide bonds. The topological polar surface area (TPSA) is 0 Å². The van der Waals surface area contributed by atoms with Crippen LogP contribution in [-0.2, 0) is 0 Å². The summed E-state index contributed by atoms with van der Waals surface area (Å²) in [6, 6.07) is 0. The highest BCUT2D eigenvalue weighted by Crippen LogP contribution is 2.31. The minimum Gasteiger partial charge on any atom is -0.205 e. The zero-order valence-corrected chi connectivity index (χ0v) is 19.7. The highest BCUT2D eigenvalue weighted by atomic mass is 32.2. The quantitative estimate of drug-likeness (QED) is 0.136. The fraction of sp³-hybridized carbons (Fsp3) is 1.00. The van der Waals surface area contributed by atoms with Gasteiger partial charge in [-0.3, -0.25) is 0 Å². The molecule has 0 aromatic carbocycles. The Morgan fingerprint density at radius 2 is 1.75 bits per heavy atom. The first kappa shape index (κ1) is 23.6. The molecule has 4 radical (unpaired) electrons. The third-order valence-electron chi connectivity index (χ3n) is 1.53. The molecule has 0 aromatic heterocycles. The summed E-state index contributed by atoms with van der Waals surface area (Å²) < 4.78 is 0. The molecular weight excluding hydrogens is 413 g/mol. The van der Waals surface area contributed by atoms with Crippen LogP contribution in [0.2, 0.25) is 0 Å². The number of thioether (sulfide) groups is 1. The summed E-state index contributed by atoms with van der Waals surface area (Å²) in [5, 5.41) is 2.37. The van der Waals surface area contributed by atoms with E-state index in [0.717, 1.165) is 25.4 Å². The molecule has 110 valence electrons. The lowest BCUT2D eigenvalue weighted by atomic mass is 10.7. The summed E-state index contributed by atoms with van der Waals surface area (Å²) >= 11 is 11.6. The molecule has 0 aliphatic heterocycles. The van der Waals surface area contributed by atoms with Gasteiger partial charge in [0.15, 0.2) is 6.72 Å². The Labute approximate surface area is 159 Å². The summed E-state index contributed by atoms with van der Waals surface area (Å²) in [7, 11) is 3.11. The van der Waals surface area contributed by atoms with Crippen LogP contribution in [-0.4, -0.2) is 58.2 Å². The van der Waals surface area contributed by atoms with Crippen molar-refractivity contribution in [3.63, 3.8) is 0 Å². The third kappa shape index (κ3) is 21.6. The molecule has 0 fully saturated rings. The van der Waals surface area contributed by atoms with Gasteiger partial charge in [0.05, 0.1) is 0 Å². The monoisotopic (exact) mass is 432 g/mol. The van der Waals surface area contributed by atoms with Crippen LogP contribution in [0.25, 0.3) is 0 Å². The summed E-state index contributed by atoms with van der Waals surface area (Å²) in [5.41, 5.74) is 1.27. The van der Waals surface area contributed by atoms with Crippen LogP contribution in [0.3, 0.4) is 0 Å². The van der Waals surface area contributed by atoms with Crippen molar-refractivity contribution in [3.05, 3.63) is 0 Å². The van der Waals surface area contributed by atoms with Crippen molar-refractivity contribution < 1.29 is 0 Å². The Balaban J connectivity index is 2.89. The lowest BCUT2D eigenvalue weighted by Gasteiger charge is -2.02. The molecule has 0 spiro atoms. The zero-order valence-electron chi connectivity index (χ0n) is 11.8. The van der Waals surface area contributed by atoms with Crippen molar-refractivity contribution in [1.29, 1.82) is 0 Å². The number of hydrogen-bond acceptors (Lipinski definition) is 6. The molecule has 0 rings (SSSR count). The molecule has 0 heterocycles. The first-order valence-electron chi connectivity index (χ1n) is 5.95. The van der Waals surface area contributed by atoms with Crippen LogP contribution in [0.1, 0.15) is 6.92 Å². The maximum absolute atomic E-state index is 2.50. The largest absolute Gasteiger partial charge is 0.269 e. The number of rotatable bonds is 17. The summed E-state index contributed by atoms with van der Waals surface area (Å²) in [6.07, 6.45) is 4.53. The molecule has 20 heavy (non-hydrogen) atoms. The molecule has 0 aromatic rings. The second-order valence-corrected chi connectivity index (χ2v) is 15.1. The highest BCUT2D eigenvalue weighted by molar-refractivity contribution is 8.56. The molecule has 0 N–H and O–H groups in total. The maximum atomic E-state index is 2.50. The van der Waals surface area contributed by atoms with Crippen LogP contribution in [0.5, 0.6) is 0 Å². The van der Waals surface area contributed by atoms with Gasteiger partial charge in [0.2, 0.25) is 6.28 Å². The van der Waals surface area contributed by atoms with Crippen LogP contribution >= 0.6 is 95.2 Å². The van der Waals surface area contributed by atoms with Crippen LogP contribution < -0.4 is 0 Å². The predicted molar refractivity (Wildman–Crippen MR) is 129 cm³/mol. The molecule has 0 aliphatic rings. The van der Waals surface area contributed by atoms with E-state index in [-0.39, 0.29) is 0 Å². The minimum absolute atomic E-state index is 1.02. The molecule has 0 saturated heterocycles. The van der Waals surface area contributed by atoms with E-state index in [2.05, 4.69) is 37.8 Å². The smallest absolute Gasteiger partial charge is 0.205 e. The molecule has 0 aliphatic carbocycles. The molecule has 0 nitrogen and oxygen atoms in total. The summed E-state index contributed by atoms with van der Waals surface area (Å²) in [6.45, 7) is 4.71. The van der Waals surface area contributed by atoms with E-state index in [1.54, 1.807) is 11.6 Å². The van der Waals surface area contributed by atoms with Crippen molar-refractivity contribution in [2.75, 3.05) is 33.6 Å². The van der Waals surface area contributed by atoms with E-state index in [1.165, 1.54) is 27.3 Å². The Kier molecular flexibility index (Phi) is 26.8. The predicted octanol–water partition coefficient (Wildman–Crippen LogP) is 5.04. The maximum Gasteiger partial charge on any atom is 0.269 e. The Morgan fingerprint density at radius 1 is 0.900 bits per heavy atom. The van der Waals surface area contributed by atoms with Gasteiger partial charge in [-0.1, -0.05) is 6.92 Å². The average Bonchev–Trinajstić information content (AvgIpc) is 2.47. The highest BCUT2D eigenvalue weighted by Gasteiger charge is 1.97. The molecule has 3 atom stereocenters. The molecular formula is C7H19B4P3S6. The fourth-order valence-electron chi connectivity index (χ4n) is 0.783. The molecule has 3 unspecified atom stereocenters. The van der Waals surface area contributed by atoms with E-state index in [1.807, 2.05) is 58.2 Å². The second-order valence-electron chi connectivity index (χ2n) is 3.02. The second kappa shape index (κ2) is 22.6. The van der Waals surface area contributed by atoms with Crippen LogP contribution in [0.4, 0.5) is 0 Å². The molecule has 0 saturated carbocycles. The van der Waals surface area contributed by atoms with E-state index in [9.17, 15) is 0 Å². The average molecular weight is 432 g/mol. The Hall–Kier alpha value is 3.65. The van der Waals surface area contributed by atoms with Crippen molar-refractivity contribution in [2.24, 2.45) is 0 Å². The number of hydrogen-bond donors (Lipinski definition) is 0. The van der Waals surface area contributed by atoms with Crippen molar-refractivity contribution in [2.45, 2.75) is 6.92 Å². The van der Waals surface area contributed by atoms with E-state index in [4.69, 9.17) is 0 Å². The van der Waals surface area contributed by atoms with E-state index in [0.29, 0.717) is 0 Å². The van der Waals surface area contributed by atoms with Gasteiger partial charge in [0, 0.05) is 10.2 Å². The summed E-state index contributed by atoms with van der Waals surface area (Å²) in [4.78, 5) is 0. The lowest BCUT2D eigenvalue weighted by molar-refractivity contribution is 1.53. The third-order valence-corrected chi connectivity index (χ3v) is 12.6. The lowest BCUT2D eigenvalue weighted by Crippen LogP contribution is -1.83. The van der Waals surface area contributed by atoms with Gasteiger partial charge in [0.25, 0.3) is 11.7 Å². The van der Waals surface area contributed by atoms with Crippen LogP contribution in [0, 0.1) is 0 Å². The standard InChI is InChI=1S/C7H19B4P3S6/c1-3-16-6-19-11-20-7-18-9-13-4-12-8-14-5-17-10-15-2/h12-14H,3-7H2,1-2H3. The van der Waals surface area contributed by atoms with Crippen LogP contribution in [0.15, 0.2) is 0 Å². The zero-order chi connectivity index (χ0) is 14.7. The minimum atomic E-state index is 1.02. The normalized spacial score (nSPS) is 12.1. The van der Waals surface area contributed by atoms with Crippen molar-refractivity contribution >= 4 is 120 Å². The van der Waals surface area contributed by atoms with Gasteiger partial charge in [-0.15, -0.1) is 16.9 Å². The molecule has 13 heteroatoms. The first-order valence-corrected chi connectivity index (χ1v) is 16.4. The van der Waals surface area contributed by atoms with Gasteiger partial charge < -0.3 is 0 Å². The van der Waals surface area contributed by atoms with Gasteiger partial charge in [-0.2, -0.15) is 55.1 Å². The Bertz CT molecular complexity index is 171. The SMILES string of the molecule is CCSCS[B]SCS[B]PCP[B]PCS[B]SC. The van der Waals surface area contributed by atoms with Crippen molar-refractivity contribution in [3.8, 4) is 0 Å². The van der Waals surface area contributed by atoms with E-state index >= 15 is 0 Å². The fourth-order valence-corrected chi connectivity index (χ4v) is 11.7. The van der Waals surface area contributed by atoms with Crippen molar-refractivity contribution in [1.82, 2.24) is 0 Å². The Morgan fingerprint density at radius 3 is 2.55 bits per heavy atom. The van der Waals surface area contributed by atoms with Gasteiger partial charge in [-0.05, 0) is 23.4 Å². The van der Waals surface area contributed by atoms with E-state index < -0.39 is 0 Å². The van der Waals surface area contributed by atoms with Gasteiger partial charge in [-0.25, -0.2) is 23.2 Å². The summed E-state index contributed by atoms with van der Waals surface area (Å²) in [5.74, 6) is 7.10. The molecule has 0 bridgehead atoms.